The number of unbranched alkanes of at least 4 members (excludes halogenated alkanes) is 2. The van der Waals surface area contributed by atoms with Crippen molar-refractivity contribution in [3.63, 3.8) is 0 Å². The molecule has 0 unspecified atom stereocenters. The van der Waals surface area contributed by atoms with E-state index in [0.29, 0.717) is 5.39 Å². The summed E-state index contributed by atoms with van der Waals surface area (Å²) in [6.07, 6.45) is 2.78. The molecule has 0 aliphatic rings. The topological polar surface area (TPSA) is 43.4 Å². The number of benzene rings is 2. The Morgan fingerprint density at radius 2 is 1.70 bits per heavy atom. The van der Waals surface area contributed by atoms with Gasteiger partial charge in [0.2, 0.25) is 0 Å². The number of hydrogen-bond acceptors (Lipinski definition) is 3. The number of fused-ring (bicyclic) bond motifs is 1. The first-order valence-electron chi connectivity index (χ1n) is 6.52. The Bertz CT molecular complexity index is 648. The Morgan fingerprint density at radius 3 is 2.45 bits per heavy atom. The maximum atomic E-state index is 12.2. The van der Waals surface area contributed by atoms with Crippen molar-refractivity contribution in [3.8, 4) is 0 Å². The summed E-state index contributed by atoms with van der Waals surface area (Å²) < 4.78 is 29.5. The Morgan fingerprint density at radius 1 is 1.00 bits per heavy atom. The quantitative estimate of drug-likeness (QED) is 0.467. The van der Waals surface area contributed by atoms with Crippen molar-refractivity contribution in [1.29, 1.82) is 0 Å². The van der Waals surface area contributed by atoms with Gasteiger partial charge in [-0.1, -0.05) is 56.2 Å². The van der Waals surface area contributed by atoms with Gasteiger partial charge in [0.15, 0.2) is 0 Å². The monoisotopic (exact) mass is 318 g/mol. The van der Waals surface area contributed by atoms with E-state index in [1.807, 2.05) is 24.3 Å². The van der Waals surface area contributed by atoms with Crippen LogP contribution < -0.4 is 0 Å². The second-order valence-corrected chi connectivity index (χ2v) is 6.04. The van der Waals surface area contributed by atoms with Gasteiger partial charge in [0, 0.05) is 5.39 Å². The van der Waals surface area contributed by atoms with Crippen LogP contribution in [0.1, 0.15) is 26.2 Å². The SMILES string of the molecule is CCCCCOS(=O)(=O)c1cccc2ccccc12.[KH]. The van der Waals surface area contributed by atoms with E-state index < -0.39 is 10.1 Å². The van der Waals surface area contributed by atoms with Gasteiger partial charge in [-0.2, -0.15) is 8.42 Å². The van der Waals surface area contributed by atoms with E-state index in [0.717, 1.165) is 24.6 Å². The summed E-state index contributed by atoms with van der Waals surface area (Å²) in [4.78, 5) is 0.252. The van der Waals surface area contributed by atoms with Crippen LogP contribution in [0.15, 0.2) is 47.4 Å². The molecule has 2 aromatic carbocycles. The second-order valence-electron chi connectivity index (χ2n) is 4.46. The van der Waals surface area contributed by atoms with Crippen LogP contribution in [0.2, 0.25) is 0 Å². The average Bonchev–Trinajstić information content (AvgIpc) is 2.43. The Labute approximate surface area is 163 Å². The van der Waals surface area contributed by atoms with Gasteiger partial charge >= 0.3 is 51.4 Å². The van der Waals surface area contributed by atoms with Gasteiger partial charge in [-0.15, -0.1) is 0 Å². The molecule has 2 aromatic rings. The predicted octanol–water partition coefficient (Wildman–Crippen LogP) is 3.09. The van der Waals surface area contributed by atoms with E-state index in [1.54, 1.807) is 18.2 Å². The first-order valence-corrected chi connectivity index (χ1v) is 7.93. The van der Waals surface area contributed by atoms with E-state index in [1.165, 1.54) is 0 Å². The second kappa shape index (κ2) is 8.63. The molecule has 0 saturated carbocycles. The zero-order chi connectivity index (χ0) is 13.7. The standard InChI is InChI=1S/C15H18O3S.K.H/c1-2-3-6-12-18-19(16,17)15-11-7-9-13-8-4-5-10-14(13)15;;/h4-5,7-11H,2-3,6,12H2,1H3;;. The molecule has 0 atom stereocenters. The number of rotatable bonds is 6. The van der Waals surface area contributed by atoms with Crippen molar-refractivity contribution in [1.82, 2.24) is 0 Å². The molecule has 104 valence electrons. The van der Waals surface area contributed by atoms with Crippen LogP contribution in [-0.4, -0.2) is 66.4 Å². The molecule has 3 nitrogen and oxygen atoms in total. The predicted molar refractivity (Wildman–Crippen MR) is 83.8 cm³/mol. The van der Waals surface area contributed by atoms with E-state index in [9.17, 15) is 8.42 Å². The van der Waals surface area contributed by atoms with Crippen LogP contribution in [0.4, 0.5) is 0 Å². The summed E-state index contributed by atoms with van der Waals surface area (Å²) in [6.45, 7) is 2.32. The van der Waals surface area contributed by atoms with Gasteiger partial charge in [-0.05, 0) is 17.9 Å². The fourth-order valence-electron chi connectivity index (χ4n) is 2.00. The van der Waals surface area contributed by atoms with Crippen molar-refractivity contribution >= 4 is 72.3 Å². The third kappa shape index (κ3) is 4.63. The van der Waals surface area contributed by atoms with Gasteiger partial charge in [0.1, 0.15) is 4.90 Å². The van der Waals surface area contributed by atoms with Gasteiger partial charge in [0.25, 0.3) is 10.1 Å². The molecule has 20 heavy (non-hydrogen) atoms. The molecule has 0 bridgehead atoms. The molecule has 0 aromatic heterocycles. The molecule has 0 fully saturated rings. The van der Waals surface area contributed by atoms with E-state index in [4.69, 9.17) is 4.18 Å². The maximum absolute atomic E-state index is 12.2. The molecule has 0 aliphatic carbocycles. The van der Waals surface area contributed by atoms with Crippen LogP contribution in [0.25, 0.3) is 10.8 Å². The van der Waals surface area contributed by atoms with E-state index in [2.05, 4.69) is 6.92 Å². The van der Waals surface area contributed by atoms with Crippen LogP contribution in [0, 0.1) is 0 Å². The zero-order valence-corrected chi connectivity index (χ0v) is 11.8. The summed E-state index contributed by atoms with van der Waals surface area (Å²) in [5, 5.41) is 1.61. The third-order valence-electron chi connectivity index (χ3n) is 3.01. The van der Waals surface area contributed by atoms with Crippen LogP contribution >= 0.6 is 0 Å². The van der Waals surface area contributed by atoms with Gasteiger partial charge in [0.05, 0.1) is 6.61 Å². The molecule has 0 N–H and O–H groups in total. The fraction of sp³-hybridized carbons (Fsp3) is 0.333. The minimum atomic E-state index is -3.67. The molecule has 0 radical (unpaired) electrons. The van der Waals surface area contributed by atoms with Crippen molar-refractivity contribution in [2.75, 3.05) is 6.61 Å². The van der Waals surface area contributed by atoms with Crippen LogP contribution in [-0.2, 0) is 14.3 Å². The molecule has 0 heterocycles. The summed E-state index contributed by atoms with van der Waals surface area (Å²) in [6, 6.07) is 12.6. The molecular weight excluding hydrogens is 299 g/mol. The van der Waals surface area contributed by atoms with Gasteiger partial charge in [-0.25, -0.2) is 0 Å². The van der Waals surface area contributed by atoms with Crippen molar-refractivity contribution < 1.29 is 12.6 Å². The molecular formula is C15H19KO3S. The van der Waals surface area contributed by atoms with Crippen molar-refractivity contribution in [2.45, 2.75) is 31.1 Å². The first kappa shape index (κ1) is 18.3. The summed E-state index contributed by atoms with van der Waals surface area (Å²) in [5.74, 6) is 0. The first-order chi connectivity index (χ1) is 9.15. The molecule has 5 heteroatoms. The molecule has 0 aliphatic heterocycles. The fourth-order valence-corrected chi connectivity index (χ4v) is 3.16. The molecule has 0 amide bonds. The summed E-state index contributed by atoms with van der Waals surface area (Å²) in [5.41, 5.74) is 0. The zero-order valence-electron chi connectivity index (χ0n) is 11.0. The average molecular weight is 318 g/mol. The van der Waals surface area contributed by atoms with E-state index >= 15 is 0 Å². The molecule has 0 saturated heterocycles. The van der Waals surface area contributed by atoms with Crippen molar-refractivity contribution in [2.24, 2.45) is 0 Å². The molecule has 0 spiro atoms. The van der Waals surface area contributed by atoms with Gasteiger partial charge < -0.3 is 0 Å². The van der Waals surface area contributed by atoms with Gasteiger partial charge in [-0.3, -0.25) is 4.18 Å². The van der Waals surface area contributed by atoms with Crippen LogP contribution in [0.3, 0.4) is 0 Å². The Kier molecular flexibility index (Phi) is 7.90. The molecule has 2 rings (SSSR count). The normalized spacial score (nSPS) is 11.2. The van der Waals surface area contributed by atoms with Crippen LogP contribution in [0.5, 0.6) is 0 Å². The Balaban J connectivity index is 0.00000200. The summed E-state index contributed by atoms with van der Waals surface area (Å²) in [7, 11) is -3.67. The number of hydrogen-bond donors (Lipinski definition) is 0. The Hall–Kier alpha value is 0.246. The van der Waals surface area contributed by atoms with E-state index in [-0.39, 0.29) is 62.9 Å². The third-order valence-corrected chi connectivity index (χ3v) is 4.38. The van der Waals surface area contributed by atoms with Crippen molar-refractivity contribution in [3.05, 3.63) is 42.5 Å². The minimum absolute atomic E-state index is 0. The summed E-state index contributed by atoms with van der Waals surface area (Å²) >= 11 is 0.